The summed E-state index contributed by atoms with van der Waals surface area (Å²) in [4.78, 5) is 11.7. The van der Waals surface area contributed by atoms with Crippen molar-refractivity contribution in [1.82, 2.24) is 5.32 Å². The Hall–Kier alpha value is -1.06. The van der Waals surface area contributed by atoms with Gasteiger partial charge in [0.15, 0.2) is 0 Å². The van der Waals surface area contributed by atoms with Gasteiger partial charge in [-0.1, -0.05) is 17.7 Å². The number of hydrogen-bond acceptors (Lipinski definition) is 2. The smallest absolute Gasteiger partial charge is 0.251 e. The van der Waals surface area contributed by atoms with Crippen LogP contribution in [-0.2, 0) is 0 Å². The number of carbonyl (C=O) groups excluding carboxylic acids is 1. The lowest BCUT2D eigenvalue weighted by Gasteiger charge is -2.12. The van der Waals surface area contributed by atoms with Gasteiger partial charge in [0.1, 0.15) is 0 Å². The molecular formula is C11H14ClNO2. The third-order valence-corrected chi connectivity index (χ3v) is 2.33. The number of rotatable bonds is 3. The van der Waals surface area contributed by atoms with Gasteiger partial charge in [0.25, 0.3) is 5.91 Å². The first-order valence-electron chi connectivity index (χ1n) is 4.72. The van der Waals surface area contributed by atoms with Crippen molar-refractivity contribution in [2.24, 2.45) is 0 Å². The number of carbonyl (C=O) groups is 1. The van der Waals surface area contributed by atoms with Gasteiger partial charge in [-0.15, -0.1) is 0 Å². The van der Waals surface area contributed by atoms with Crippen LogP contribution >= 0.6 is 11.6 Å². The second-order valence-corrected chi connectivity index (χ2v) is 3.95. The fourth-order valence-corrected chi connectivity index (χ4v) is 1.36. The van der Waals surface area contributed by atoms with Gasteiger partial charge in [-0.25, -0.2) is 0 Å². The van der Waals surface area contributed by atoms with Crippen LogP contribution in [-0.4, -0.2) is 23.7 Å². The minimum Gasteiger partial charge on any atom is -0.394 e. The molecule has 0 aliphatic rings. The highest BCUT2D eigenvalue weighted by Crippen LogP contribution is 2.15. The second kappa shape index (κ2) is 5.14. The van der Waals surface area contributed by atoms with Gasteiger partial charge < -0.3 is 10.4 Å². The number of amides is 1. The van der Waals surface area contributed by atoms with Gasteiger partial charge in [-0.3, -0.25) is 4.79 Å². The Morgan fingerprint density at radius 2 is 2.27 bits per heavy atom. The Kier molecular flexibility index (Phi) is 4.12. The summed E-state index contributed by atoms with van der Waals surface area (Å²) in [5, 5.41) is 12.0. The van der Waals surface area contributed by atoms with E-state index in [1.165, 1.54) is 0 Å². The van der Waals surface area contributed by atoms with E-state index in [1.807, 2.05) is 6.92 Å². The summed E-state index contributed by atoms with van der Waals surface area (Å²) < 4.78 is 0. The summed E-state index contributed by atoms with van der Waals surface area (Å²) in [5.74, 6) is -0.212. The topological polar surface area (TPSA) is 49.3 Å². The Balaban J connectivity index is 2.86. The highest BCUT2D eigenvalue weighted by Gasteiger charge is 2.11. The zero-order valence-electron chi connectivity index (χ0n) is 8.75. The molecule has 1 amide bonds. The molecule has 0 aliphatic heterocycles. The third-order valence-electron chi connectivity index (χ3n) is 2.10. The highest BCUT2D eigenvalue weighted by molar-refractivity contribution is 6.31. The molecule has 1 aromatic rings. The molecule has 0 heterocycles. The number of hydrogen-bond donors (Lipinski definition) is 2. The van der Waals surface area contributed by atoms with Gasteiger partial charge >= 0.3 is 0 Å². The van der Waals surface area contributed by atoms with Crippen molar-refractivity contribution in [3.63, 3.8) is 0 Å². The zero-order valence-corrected chi connectivity index (χ0v) is 9.51. The molecule has 3 nitrogen and oxygen atoms in total. The highest BCUT2D eigenvalue weighted by atomic mass is 35.5. The molecule has 0 bridgehead atoms. The molecule has 4 heteroatoms. The van der Waals surface area contributed by atoms with Crippen LogP contribution in [0.1, 0.15) is 22.8 Å². The van der Waals surface area contributed by atoms with Crippen LogP contribution in [0.15, 0.2) is 18.2 Å². The molecule has 1 unspecified atom stereocenters. The summed E-state index contributed by atoms with van der Waals surface area (Å²) in [6.45, 7) is 3.50. The number of nitrogens with one attached hydrogen (secondary N) is 1. The van der Waals surface area contributed by atoms with Gasteiger partial charge in [0.2, 0.25) is 0 Å². The van der Waals surface area contributed by atoms with E-state index in [0.29, 0.717) is 10.6 Å². The molecule has 2 N–H and O–H groups in total. The van der Waals surface area contributed by atoms with E-state index in [2.05, 4.69) is 5.32 Å². The van der Waals surface area contributed by atoms with E-state index in [0.717, 1.165) is 5.56 Å². The number of aliphatic hydroxyl groups excluding tert-OH is 1. The molecule has 1 atom stereocenters. The average Bonchev–Trinajstić information content (AvgIpc) is 2.21. The molecular weight excluding hydrogens is 214 g/mol. The van der Waals surface area contributed by atoms with Gasteiger partial charge in [0, 0.05) is 16.6 Å². The maximum Gasteiger partial charge on any atom is 0.251 e. The maximum absolute atomic E-state index is 11.7. The van der Waals surface area contributed by atoms with Gasteiger partial charge in [-0.05, 0) is 31.5 Å². The SMILES string of the molecule is Cc1ccc(Cl)cc1C(=O)NC(C)CO. The minimum absolute atomic E-state index is 0.0780. The van der Waals surface area contributed by atoms with Crippen LogP contribution in [0.3, 0.4) is 0 Å². The van der Waals surface area contributed by atoms with Crippen molar-refractivity contribution in [2.75, 3.05) is 6.61 Å². The van der Waals surface area contributed by atoms with Crippen LogP contribution in [0.2, 0.25) is 5.02 Å². The number of aryl methyl sites for hydroxylation is 1. The lowest BCUT2D eigenvalue weighted by Crippen LogP contribution is -2.35. The standard InChI is InChI=1S/C11H14ClNO2/c1-7-3-4-9(12)5-10(7)11(15)13-8(2)6-14/h3-5,8,14H,6H2,1-2H3,(H,13,15). The van der Waals surface area contributed by atoms with Crippen LogP contribution in [0.5, 0.6) is 0 Å². The van der Waals surface area contributed by atoms with Crippen LogP contribution < -0.4 is 5.32 Å². The third kappa shape index (κ3) is 3.22. The lowest BCUT2D eigenvalue weighted by molar-refractivity contribution is 0.0921. The average molecular weight is 228 g/mol. The van der Waals surface area contributed by atoms with E-state index in [1.54, 1.807) is 25.1 Å². The summed E-state index contributed by atoms with van der Waals surface area (Å²) in [7, 11) is 0. The molecule has 82 valence electrons. The monoisotopic (exact) mass is 227 g/mol. The Morgan fingerprint density at radius 1 is 1.60 bits per heavy atom. The van der Waals surface area contributed by atoms with Crippen molar-refractivity contribution >= 4 is 17.5 Å². The largest absolute Gasteiger partial charge is 0.394 e. The molecule has 0 spiro atoms. The lowest BCUT2D eigenvalue weighted by atomic mass is 10.1. The van der Waals surface area contributed by atoms with E-state index in [9.17, 15) is 4.79 Å². The summed E-state index contributed by atoms with van der Waals surface area (Å²) in [6.07, 6.45) is 0. The number of halogens is 1. The van der Waals surface area contributed by atoms with E-state index < -0.39 is 0 Å². The fourth-order valence-electron chi connectivity index (χ4n) is 1.19. The molecule has 1 rings (SSSR count). The normalized spacial score (nSPS) is 12.3. The van der Waals surface area contributed by atoms with E-state index >= 15 is 0 Å². The zero-order chi connectivity index (χ0) is 11.4. The van der Waals surface area contributed by atoms with Crippen molar-refractivity contribution in [1.29, 1.82) is 0 Å². The summed E-state index contributed by atoms with van der Waals surface area (Å²) in [6, 6.07) is 4.90. The van der Waals surface area contributed by atoms with Gasteiger partial charge in [0.05, 0.1) is 6.61 Å². The first-order chi connectivity index (χ1) is 7.04. The van der Waals surface area contributed by atoms with Crippen molar-refractivity contribution in [3.05, 3.63) is 34.3 Å². The first-order valence-corrected chi connectivity index (χ1v) is 5.10. The van der Waals surface area contributed by atoms with E-state index in [4.69, 9.17) is 16.7 Å². The number of aliphatic hydroxyl groups is 1. The second-order valence-electron chi connectivity index (χ2n) is 3.52. The van der Waals surface area contributed by atoms with Crippen molar-refractivity contribution in [3.8, 4) is 0 Å². The Labute approximate surface area is 94.1 Å². The molecule has 0 aromatic heterocycles. The molecule has 0 saturated heterocycles. The molecule has 15 heavy (non-hydrogen) atoms. The molecule has 0 radical (unpaired) electrons. The first kappa shape index (κ1) is 12.0. The van der Waals surface area contributed by atoms with Gasteiger partial charge in [-0.2, -0.15) is 0 Å². The fraction of sp³-hybridized carbons (Fsp3) is 0.364. The van der Waals surface area contributed by atoms with Crippen LogP contribution in [0.25, 0.3) is 0 Å². The minimum atomic E-state index is -0.254. The van der Waals surface area contributed by atoms with Crippen LogP contribution in [0, 0.1) is 6.92 Å². The van der Waals surface area contributed by atoms with E-state index in [-0.39, 0.29) is 18.6 Å². The molecule has 1 aromatic carbocycles. The maximum atomic E-state index is 11.7. The summed E-state index contributed by atoms with van der Waals surface area (Å²) in [5.41, 5.74) is 1.41. The van der Waals surface area contributed by atoms with Crippen molar-refractivity contribution in [2.45, 2.75) is 19.9 Å². The summed E-state index contributed by atoms with van der Waals surface area (Å²) >= 11 is 5.80. The predicted molar refractivity (Wildman–Crippen MR) is 60.2 cm³/mol. The Bertz CT molecular complexity index is 366. The predicted octanol–water partition coefficient (Wildman–Crippen LogP) is 1.76. The number of benzene rings is 1. The Morgan fingerprint density at radius 3 is 2.87 bits per heavy atom. The molecule has 0 saturated carbocycles. The van der Waals surface area contributed by atoms with Crippen molar-refractivity contribution < 1.29 is 9.90 Å². The molecule has 0 aliphatic carbocycles. The molecule has 0 fully saturated rings. The van der Waals surface area contributed by atoms with Crippen LogP contribution in [0.4, 0.5) is 0 Å². The quantitative estimate of drug-likeness (QED) is 0.827.